The lowest BCUT2D eigenvalue weighted by Crippen LogP contribution is -2.54. The van der Waals surface area contributed by atoms with E-state index in [9.17, 15) is 0 Å². The van der Waals surface area contributed by atoms with Crippen LogP contribution in [0.2, 0.25) is 0 Å². The van der Waals surface area contributed by atoms with Crippen molar-refractivity contribution in [2.24, 2.45) is 0 Å². The lowest BCUT2D eigenvalue weighted by molar-refractivity contribution is -0.0728. The molecule has 2 rings (SSSR count). The molecule has 1 unspecified atom stereocenters. The zero-order valence-corrected chi connectivity index (χ0v) is 14.8. The normalized spacial score (nSPS) is 21.4. The van der Waals surface area contributed by atoms with E-state index >= 15 is 0 Å². The summed E-state index contributed by atoms with van der Waals surface area (Å²) in [5.41, 5.74) is 0.708. The number of hydrogen-bond acceptors (Lipinski definition) is 5. The highest BCUT2D eigenvalue weighted by molar-refractivity contribution is 9.09. The van der Waals surface area contributed by atoms with Gasteiger partial charge in [0, 0.05) is 30.2 Å². The first kappa shape index (κ1) is 16.5. The van der Waals surface area contributed by atoms with E-state index in [1.165, 1.54) is 0 Å². The molecule has 0 aromatic carbocycles. The van der Waals surface area contributed by atoms with Crippen LogP contribution in [0, 0.1) is 6.92 Å². The molecule has 0 bridgehead atoms. The SMILES string of the molecule is CCCOc1cc(C)nc(N2CC(CBr)OC(C)(C)C2)n1. The van der Waals surface area contributed by atoms with Gasteiger partial charge in [0.25, 0.3) is 0 Å². The highest BCUT2D eigenvalue weighted by Crippen LogP contribution is 2.26. The minimum absolute atomic E-state index is 0.137. The Morgan fingerprint density at radius 2 is 2.24 bits per heavy atom. The summed E-state index contributed by atoms with van der Waals surface area (Å²) in [4.78, 5) is 11.3. The van der Waals surface area contributed by atoms with Crippen molar-refractivity contribution >= 4 is 21.9 Å². The summed E-state index contributed by atoms with van der Waals surface area (Å²) in [7, 11) is 0. The molecule has 0 spiro atoms. The molecule has 1 aliphatic heterocycles. The molecule has 5 nitrogen and oxygen atoms in total. The molecule has 1 saturated heterocycles. The van der Waals surface area contributed by atoms with Crippen molar-refractivity contribution in [1.82, 2.24) is 9.97 Å². The van der Waals surface area contributed by atoms with E-state index in [0.717, 1.165) is 36.5 Å². The average molecular weight is 358 g/mol. The molecule has 0 N–H and O–H groups in total. The second-order valence-corrected chi connectivity index (χ2v) is 6.68. The number of anilines is 1. The average Bonchev–Trinajstić information content (AvgIpc) is 2.42. The third kappa shape index (κ3) is 4.54. The standard InChI is InChI=1S/C15H24BrN3O2/c1-5-6-20-13-7-11(2)17-14(18-13)19-9-12(8-16)21-15(3,4)10-19/h7,12H,5-6,8-10H2,1-4H3. The van der Waals surface area contributed by atoms with Gasteiger partial charge in [0.15, 0.2) is 0 Å². The van der Waals surface area contributed by atoms with Gasteiger partial charge in [0.1, 0.15) is 0 Å². The Kier molecular flexibility index (Phi) is 5.43. The third-order valence-corrected chi connectivity index (χ3v) is 3.93. The van der Waals surface area contributed by atoms with E-state index < -0.39 is 0 Å². The van der Waals surface area contributed by atoms with Gasteiger partial charge in [-0.25, -0.2) is 4.98 Å². The van der Waals surface area contributed by atoms with E-state index in [4.69, 9.17) is 9.47 Å². The number of aromatic nitrogens is 2. The largest absolute Gasteiger partial charge is 0.478 e. The number of hydrogen-bond donors (Lipinski definition) is 0. The van der Waals surface area contributed by atoms with Crippen molar-refractivity contribution in [2.75, 3.05) is 29.9 Å². The minimum Gasteiger partial charge on any atom is -0.478 e. The van der Waals surface area contributed by atoms with Gasteiger partial charge >= 0.3 is 0 Å². The molecule has 6 heteroatoms. The van der Waals surface area contributed by atoms with Crippen molar-refractivity contribution in [3.05, 3.63) is 11.8 Å². The maximum atomic E-state index is 6.02. The van der Waals surface area contributed by atoms with Crippen LogP contribution in [0.25, 0.3) is 0 Å². The van der Waals surface area contributed by atoms with Gasteiger partial charge in [-0.05, 0) is 27.2 Å². The number of nitrogens with zero attached hydrogens (tertiary/aromatic N) is 3. The topological polar surface area (TPSA) is 47.5 Å². The molecule has 0 amide bonds. The second-order valence-electron chi connectivity index (χ2n) is 6.03. The van der Waals surface area contributed by atoms with Crippen molar-refractivity contribution in [3.63, 3.8) is 0 Å². The highest BCUT2D eigenvalue weighted by Gasteiger charge is 2.34. The predicted octanol–water partition coefficient (Wildman–Crippen LogP) is 2.95. The van der Waals surface area contributed by atoms with E-state index in [1.807, 2.05) is 13.0 Å². The fraction of sp³-hybridized carbons (Fsp3) is 0.733. The van der Waals surface area contributed by atoms with Gasteiger partial charge in [-0.1, -0.05) is 22.9 Å². The van der Waals surface area contributed by atoms with Crippen LogP contribution < -0.4 is 9.64 Å². The quantitative estimate of drug-likeness (QED) is 0.758. The molecular weight excluding hydrogens is 334 g/mol. The predicted molar refractivity (Wildman–Crippen MR) is 87.5 cm³/mol. The van der Waals surface area contributed by atoms with Gasteiger partial charge in [-0.3, -0.25) is 0 Å². The van der Waals surface area contributed by atoms with Crippen LogP contribution in [-0.4, -0.2) is 46.7 Å². The Balaban J connectivity index is 2.21. The molecule has 1 atom stereocenters. The molecule has 2 heterocycles. The van der Waals surface area contributed by atoms with Crippen LogP contribution in [0.3, 0.4) is 0 Å². The molecule has 1 aromatic heterocycles. The summed E-state index contributed by atoms with van der Waals surface area (Å²) < 4.78 is 11.7. The summed E-state index contributed by atoms with van der Waals surface area (Å²) in [5, 5.41) is 0.804. The third-order valence-electron chi connectivity index (χ3n) is 3.21. The maximum absolute atomic E-state index is 6.02. The smallest absolute Gasteiger partial charge is 0.229 e. The van der Waals surface area contributed by atoms with Gasteiger partial charge in [0.2, 0.25) is 11.8 Å². The van der Waals surface area contributed by atoms with Crippen LogP contribution in [0.4, 0.5) is 5.95 Å². The Morgan fingerprint density at radius 3 is 2.90 bits per heavy atom. The van der Waals surface area contributed by atoms with Crippen LogP contribution in [0.5, 0.6) is 5.88 Å². The van der Waals surface area contributed by atoms with E-state index in [0.29, 0.717) is 12.5 Å². The van der Waals surface area contributed by atoms with E-state index in [1.54, 1.807) is 0 Å². The number of halogens is 1. The van der Waals surface area contributed by atoms with Gasteiger partial charge in [-0.2, -0.15) is 4.98 Å². The van der Waals surface area contributed by atoms with Crippen molar-refractivity contribution in [3.8, 4) is 5.88 Å². The zero-order chi connectivity index (χ0) is 15.5. The van der Waals surface area contributed by atoms with E-state index in [2.05, 4.69) is 51.6 Å². The van der Waals surface area contributed by atoms with E-state index in [-0.39, 0.29) is 11.7 Å². The minimum atomic E-state index is -0.214. The zero-order valence-electron chi connectivity index (χ0n) is 13.2. The Labute approximate surface area is 135 Å². The number of ether oxygens (including phenoxy) is 2. The van der Waals surface area contributed by atoms with Crippen molar-refractivity contribution in [2.45, 2.75) is 45.8 Å². The van der Waals surface area contributed by atoms with Crippen molar-refractivity contribution < 1.29 is 9.47 Å². The Bertz CT molecular complexity index is 482. The van der Waals surface area contributed by atoms with Gasteiger partial charge in [0.05, 0.1) is 18.3 Å². The fourth-order valence-electron chi connectivity index (χ4n) is 2.47. The summed E-state index contributed by atoms with van der Waals surface area (Å²) in [6, 6.07) is 1.88. The van der Waals surface area contributed by atoms with Crippen LogP contribution >= 0.6 is 15.9 Å². The lowest BCUT2D eigenvalue weighted by atomic mass is 10.1. The first-order valence-electron chi connectivity index (χ1n) is 7.40. The summed E-state index contributed by atoms with van der Waals surface area (Å²) in [6.07, 6.45) is 1.10. The van der Waals surface area contributed by atoms with Crippen LogP contribution in [0.1, 0.15) is 32.9 Å². The highest BCUT2D eigenvalue weighted by atomic mass is 79.9. The second kappa shape index (κ2) is 6.92. The molecule has 118 valence electrons. The summed E-state index contributed by atoms with van der Waals surface area (Å²) in [6.45, 7) is 10.5. The number of aryl methyl sites for hydroxylation is 1. The molecule has 1 aliphatic rings. The molecule has 0 radical (unpaired) electrons. The molecular formula is C15H24BrN3O2. The van der Waals surface area contributed by atoms with Crippen LogP contribution in [-0.2, 0) is 4.74 Å². The maximum Gasteiger partial charge on any atom is 0.229 e. The monoisotopic (exact) mass is 357 g/mol. The molecule has 1 aromatic rings. The van der Waals surface area contributed by atoms with Gasteiger partial charge < -0.3 is 14.4 Å². The number of alkyl halides is 1. The lowest BCUT2D eigenvalue weighted by Gasteiger charge is -2.42. The summed E-state index contributed by atoms with van der Waals surface area (Å²) >= 11 is 3.51. The Morgan fingerprint density at radius 1 is 1.48 bits per heavy atom. The number of morpholine rings is 1. The van der Waals surface area contributed by atoms with Crippen LogP contribution in [0.15, 0.2) is 6.07 Å². The molecule has 0 saturated carbocycles. The fourth-order valence-corrected chi connectivity index (χ4v) is 2.81. The first-order valence-corrected chi connectivity index (χ1v) is 8.53. The van der Waals surface area contributed by atoms with Gasteiger partial charge in [-0.15, -0.1) is 0 Å². The Hall–Kier alpha value is -0.880. The first-order chi connectivity index (χ1) is 9.93. The summed E-state index contributed by atoms with van der Waals surface area (Å²) in [5.74, 6) is 1.38. The number of rotatable bonds is 5. The van der Waals surface area contributed by atoms with Crippen molar-refractivity contribution in [1.29, 1.82) is 0 Å². The molecule has 21 heavy (non-hydrogen) atoms. The molecule has 0 aliphatic carbocycles. The molecule has 1 fully saturated rings.